The molecule has 0 aromatic heterocycles. The van der Waals surface area contributed by atoms with Gasteiger partial charge in [-0.1, -0.05) is 66.7 Å². The molecular weight excluding hydrogens is 456 g/mol. The number of hydrogen-bond acceptors (Lipinski definition) is 4. The summed E-state index contributed by atoms with van der Waals surface area (Å²) in [5.74, 6) is 1.63. The number of para-hydroxylation sites is 1. The third kappa shape index (κ3) is 3.68. The zero-order valence-corrected chi connectivity index (χ0v) is 21.6. The van der Waals surface area contributed by atoms with Gasteiger partial charge < -0.3 is 19.3 Å². The summed E-state index contributed by atoms with van der Waals surface area (Å²) < 4.78 is 12.2. The van der Waals surface area contributed by atoms with Crippen LogP contribution < -0.4 is 19.3 Å². The highest BCUT2D eigenvalue weighted by atomic mass is 16.5. The molecule has 184 valence electrons. The van der Waals surface area contributed by atoms with Gasteiger partial charge in [0.25, 0.3) is 0 Å². The van der Waals surface area contributed by atoms with Crippen molar-refractivity contribution in [2.45, 2.75) is 5.92 Å². The van der Waals surface area contributed by atoms with Gasteiger partial charge in [-0.05, 0) is 46.7 Å². The van der Waals surface area contributed by atoms with Crippen molar-refractivity contribution in [1.29, 1.82) is 0 Å². The normalized spacial score (nSPS) is 14.2. The number of anilines is 4. The molecule has 0 bridgehead atoms. The fourth-order valence-corrected chi connectivity index (χ4v) is 5.64. The van der Waals surface area contributed by atoms with Crippen LogP contribution in [0.4, 0.5) is 22.7 Å². The summed E-state index contributed by atoms with van der Waals surface area (Å²) in [7, 11) is 7.65. The summed E-state index contributed by atoms with van der Waals surface area (Å²) in [6, 6.07) is 36.4. The molecule has 0 saturated heterocycles. The van der Waals surface area contributed by atoms with Gasteiger partial charge >= 0.3 is 0 Å². The molecule has 0 N–H and O–H groups in total. The van der Waals surface area contributed by atoms with Crippen LogP contribution in [0.1, 0.15) is 22.6 Å². The summed E-state index contributed by atoms with van der Waals surface area (Å²) in [5.41, 5.74) is 7.88. The zero-order chi connectivity index (χ0) is 25.5. The fourth-order valence-electron chi connectivity index (χ4n) is 5.64. The quantitative estimate of drug-likeness (QED) is 0.247. The second-order valence-corrected chi connectivity index (χ2v) is 9.54. The Bertz CT molecular complexity index is 1590. The summed E-state index contributed by atoms with van der Waals surface area (Å²) >= 11 is 0. The van der Waals surface area contributed by atoms with E-state index in [1.54, 1.807) is 14.2 Å². The van der Waals surface area contributed by atoms with Gasteiger partial charge in [0.05, 0.1) is 25.6 Å². The summed E-state index contributed by atoms with van der Waals surface area (Å²) in [5, 5.41) is 2.44. The Balaban J connectivity index is 1.77. The lowest BCUT2D eigenvalue weighted by molar-refractivity contribution is 0.402. The lowest BCUT2D eigenvalue weighted by atomic mass is 9.77. The fraction of sp³-hybridized carbons (Fsp3) is 0.152. The van der Waals surface area contributed by atoms with Crippen molar-refractivity contribution in [3.05, 3.63) is 120 Å². The first kappa shape index (κ1) is 23.0. The highest BCUT2D eigenvalue weighted by Gasteiger charge is 2.38. The van der Waals surface area contributed by atoms with E-state index < -0.39 is 0 Å². The number of ether oxygens (including phenoxy) is 2. The Kier molecular flexibility index (Phi) is 5.72. The topological polar surface area (TPSA) is 24.9 Å². The van der Waals surface area contributed by atoms with Crippen molar-refractivity contribution < 1.29 is 9.47 Å². The van der Waals surface area contributed by atoms with Crippen molar-refractivity contribution in [2.24, 2.45) is 0 Å². The molecule has 0 amide bonds. The highest BCUT2D eigenvalue weighted by Crippen LogP contribution is 2.58. The molecule has 1 atom stereocenters. The largest absolute Gasteiger partial charge is 0.496 e. The Hall–Kier alpha value is -4.44. The number of hydrogen-bond donors (Lipinski definition) is 0. The van der Waals surface area contributed by atoms with Gasteiger partial charge in [-0.25, -0.2) is 0 Å². The van der Waals surface area contributed by atoms with Gasteiger partial charge in [0.1, 0.15) is 11.5 Å². The molecule has 0 fully saturated rings. The maximum Gasteiger partial charge on any atom is 0.127 e. The molecule has 5 aromatic rings. The summed E-state index contributed by atoms with van der Waals surface area (Å²) in [4.78, 5) is 4.46. The van der Waals surface area contributed by atoms with Crippen LogP contribution in [0.15, 0.2) is 103 Å². The van der Waals surface area contributed by atoms with Gasteiger partial charge in [0, 0.05) is 48.6 Å². The summed E-state index contributed by atoms with van der Waals surface area (Å²) in [6.07, 6.45) is 0. The number of rotatable bonds is 5. The van der Waals surface area contributed by atoms with Gasteiger partial charge in [0.15, 0.2) is 0 Å². The highest BCUT2D eigenvalue weighted by molar-refractivity contribution is 5.94. The molecule has 1 aliphatic heterocycles. The average Bonchev–Trinajstić information content (AvgIpc) is 2.95. The molecule has 6 rings (SSSR count). The van der Waals surface area contributed by atoms with Crippen LogP contribution in [0.3, 0.4) is 0 Å². The van der Waals surface area contributed by atoms with E-state index in [1.165, 1.54) is 16.3 Å². The molecule has 0 aliphatic carbocycles. The molecule has 1 heterocycles. The van der Waals surface area contributed by atoms with E-state index in [0.717, 1.165) is 45.4 Å². The van der Waals surface area contributed by atoms with Gasteiger partial charge in [-0.15, -0.1) is 0 Å². The first-order chi connectivity index (χ1) is 18.1. The molecule has 1 aliphatic rings. The average molecular weight is 487 g/mol. The predicted octanol–water partition coefficient (Wildman–Crippen LogP) is 7.89. The number of methoxy groups -OCH3 is 2. The second kappa shape index (κ2) is 9.21. The SMILES string of the molecule is COc1cccc2c1C(c1cccc3ccccc13)c1c(OC)cc(N(C)C)cc1N2c1ccccc1. The lowest BCUT2D eigenvalue weighted by Crippen LogP contribution is -2.24. The van der Waals surface area contributed by atoms with Crippen LogP contribution >= 0.6 is 0 Å². The number of fused-ring (bicyclic) bond motifs is 3. The summed E-state index contributed by atoms with van der Waals surface area (Å²) in [6.45, 7) is 0. The van der Waals surface area contributed by atoms with Crippen molar-refractivity contribution >= 4 is 33.5 Å². The van der Waals surface area contributed by atoms with Crippen LogP contribution in [0.5, 0.6) is 11.5 Å². The van der Waals surface area contributed by atoms with Crippen LogP contribution in [-0.4, -0.2) is 28.3 Å². The predicted molar refractivity (Wildman–Crippen MR) is 153 cm³/mol. The van der Waals surface area contributed by atoms with Gasteiger partial charge in [-0.3, -0.25) is 0 Å². The van der Waals surface area contributed by atoms with E-state index in [1.807, 2.05) is 0 Å². The first-order valence-corrected chi connectivity index (χ1v) is 12.5. The number of nitrogens with zero attached hydrogens (tertiary/aromatic N) is 2. The Morgan fingerprint density at radius 3 is 2.08 bits per heavy atom. The maximum atomic E-state index is 6.15. The van der Waals surface area contributed by atoms with Crippen molar-refractivity contribution in [3.63, 3.8) is 0 Å². The molecule has 37 heavy (non-hydrogen) atoms. The van der Waals surface area contributed by atoms with E-state index in [0.29, 0.717) is 0 Å². The minimum atomic E-state index is -0.0848. The first-order valence-electron chi connectivity index (χ1n) is 12.5. The van der Waals surface area contributed by atoms with E-state index in [-0.39, 0.29) is 5.92 Å². The van der Waals surface area contributed by atoms with Gasteiger partial charge in [0.2, 0.25) is 0 Å². The molecule has 0 radical (unpaired) electrons. The zero-order valence-electron chi connectivity index (χ0n) is 21.6. The molecular formula is C33H30N2O2. The molecule has 0 saturated carbocycles. The third-order valence-electron chi connectivity index (χ3n) is 7.31. The maximum absolute atomic E-state index is 6.15. The molecule has 4 heteroatoms. The van der Waals surface area contributed by atoms with Crippen LogP contribution in [0.2, 0.25) is 0 Å². The van der Waals surface area contributed by atoms with Crippen molar-refractivity contribution in [2.75, 3.05) is 38.1 Å². The van der Waals surface area contributed by atoms with E-state index in [9.17, 15) is 0 Å². The Morgan fingerprint density at radius 2 is 1.32 bits per heavy atom. The third-order valence-corrected chi connectivity index (χ3v) is 7.31. The Labute approximate surface area is 218 Å². The minimum absolute atomic E-state index is 0.0848. The smallest absolute Gasteiger partial charge is 0.127 e. The number of benzene rings is 5. The van der Waals surface area contributed by atoms with E-state index in [4.69, 9.17) is 9.47 Å². The Morgan fingerprint density at radius 1 is 0.649 bits per heavy atom. The second-order valence-electron chi connectivity index (χ2n) is 9.54. The van der Waals surface area contributed by atoms with E-state index in [2.05, 4.69) is 127 Å². The van der Waals surface area contributed by atoms with Crippen LogP contribution in [0, 0.1) is 0 Å². The lowest BCUT2D eigenvalue weighted by Gasteiger charge is -2.40. The van der Waals surface area contributed by atoms with Crippen molar-refractivity contribution in [1.82, 2.24) is 0 Å². The van der Waals surface area contributed by atoms with Crippen molar-refractivity contribution in [3.8, 4) is 11.5 Å². The molecule has 0 spiro atoms. The van der Waals surface area contributed by atoms with Crippen LogP contribution in [0.25, 0.3) is 10.8 Å². The van der Waals surface area contributed by atoms with Gasteiger partial charge in [-0.2, -0.15) is 0 Å². The molecule has 4 nitrogen and oxygen atoms in total. The minimum Gasteiger partial charge on any atom is -0.496 e. The van der Waals surface area contributed by atoms with Crippen LogP contribution in [-0.2, 0) is 0 Å². The van der Waals surface area contributed by atoms with E-state index >= 15 is 0 Å². The standard InChI is InChI=1S/C33H30N2O2/c1-34(2)24-20-28-33(30(21-24)37-4)31(26-17-10-13-22-12-8-9-16-25(22)26)32-27(18-11-19-29(32)36-3)35(28)23-14-6-5-7-15-23/h5-21,31H,1-4H3. The monoisotopic (exact) mass is 486 g/mol. The molecule has 1 unspecified atom stereocenters. The molecule has 5 aromatic carbocycles.